The Morgan fingerprint density at radius 3 is 2.42 bits per heavy atom. The summed E-state index contributed by atoms with van der Waals surface area (Å²) in [4.78, 5) is 26.6. The van der Waals surface area contributed by atoms with Crippen molar-refractivity contribution in [3.05, 3.63) is 78.1 Å². The van der Waals surface area contributed by atoms with Gasteiger partial charge in [-0.3, -0.25) is 13.9 Å². The Labute approximate surface area is 220 Å². The van der Waals surface area contributed by atoms with Crippen LogP contribution in [0, 0.1) is 5.82 Å². The predicted octanol–water partition coefficient (Wildman–Crippen LogP) is 3.48. The lowest BCUT2D eigenvalue weighted by Crippen LogP contribution is -2.40. The van der Waals surface area contributed by atoms with Gasteiger partial charge in [0.25, 0.3) is 10.0 Å². The Morgan fingerprint density at radius 2 is 1.76 bits per heavy atom. The van der Waals surface area contributed by atoms with Crippen molar-refractivity contribution >= 4 is 33.2 Å². The van der Waals surface area contributed by atoms with E-state index in [2.05, 4.69) is 5.32 Å². The molecule has 2 amide bonds. The van der Waals surface area contributed by atoms with E-state index >= 15 is 0 Å². The third-order valence-electron chi connectivity index (χ3n) is 6.13. The van der Waals surface area contributed by atoms with Gasteiger partial charge in [0.05, 0.1) is 24.8 Å². The summed E-state index contributed by atoms with van der Waals surface area (Å²) < 4.78 is 52.2. The van der Waals surface area contributed by atoms with Gasteiger partial charge in [0.2, 0.25) is 11.8 Å². The van der Waals surface area contributed by atoms with Gasteiger partial charge in [0, 0.05) is 31.3 Å². The average molecular weight is 542 g/mol. The fourth-order valence-electron chi connectivity index (χ4n) is 4.17. The standard InChI is InChI=1S/C27H28FN3O6S/c1-36-24-13-12-23(16-25(24)37-2)38(34,35)31(21-10-8-20(28)9-11-21)18-26(32)29-17-19-5-3-6-22(15-19)30-14-4-7-27(30)33/h3,5-6,8-13,15-16H,4,7,14,17-18H2,1-2H3,(H,29,32). The van der Waals surface area contributed by atoms with Crippen LogP contribution in [0.2, 0.25) is 0 Å². The van der Waals surface area contributed by atoms with Gasteiger partial charge in [0.1, 0.15) is 12.4 Å². The predicted molar refractivity (Wildman–Crippen MR) is 140 cm³/mol. The maximum atomic E-state index is 13.6. The van der Waals surface area contributed by atoms with E-state index in [9.17, 15) is 22.4 Å². The highest BCUT2D eigenvalue weighted by Gasteiger charge is 2.28. The molecule has 200 valence electrons. The van der Waals surface area contributed by atoms with Crippen LogP contribution in [0.3, 0.4) is 0 Å². The smallest absolute Gasteiger partial charge is 0.264 e. The van der Waals surface area contributed by atoms with Crippen LogP contribution in [0.15, 0.2) is 71.6 Å². The number of carbonyl (C=O) groups is 2. The Balaban J connectivity index is 1.55. The van der Waals surface area contributed by atoms with E-state index in [1.807, 2.05) is 18.2 Å². The van der Waals surface area contributed by atoms with Gasteiger partial charge in [0.15, 0.2) is 11.5 Å². The van der Waals surface area contributed by atoms with Crippen molar-refractivity contribution in [3.63, 3.8) is 0 Å². The topological polar surface area (TPSA) is 105 Å². The van der Waals surface area contributed by atoms with Crippen LogP contribution in [-0.4, -0.2) is 47.5 Å². The minimum absolute atomic E-state index is 0.0569. The second-order valence-electron chi connectivity index (χ2n) is 8.60. The molecule has 0 radical (unpaired) electrons. The van der Waals surface area contributed by atoms with Gasteiger partial charge < -0.3 is 19.7 Å². The van der Waals surface area contributed by atoms with Crippen molar-refractivity contribution < 1.29 is 31.9 Å². The van der Waals surface area contributed by atoms with Gasteiger partial charge in [-0.2, -0.15) is 0 Å². The van der Waals surface area contributed by atoms with Crippen molar-refractivity contribution in [2.24, 2.45) is 0 Å². The fraction of sp³-hybridized carbons (Fsp3) is 0.259. The highest BCUT2D eigenvalue weighted by Crippen LogP contribution is 2.32. The molecule has 0 aromatic heterocycles. The summed E-state index contributed by atoms with van der Waals surface area (Å²) in [5.41, 5.74) is 1.63. The number of halogens is 1. The van der Waals surface area contributed by atoms with Crippen LogP contribution < -0.4 is 24.0 Å². The maximum absolute atomic E-state index is 13.6. The molecule has 1 heterocycles. The van der Waals surface area contributed by atoms with Crippen molar-refractivity contribution in [3.8, 4) is 11.5 Å². The average Bonchev–Trinajstić information content (AvgIpc) is 3.36. The number of hydrogen-bond donors (Lipinski definition) is 1. The summed E-state index contributed by atoms with van der Waals surface area (Å²) in [5, 5.41) is 2.74. The maximum Gasteiger partial charge on any atom is 0.264 e. The summed E-state index contributed by atoms with van der Waals surface area (Å²) in [6.07, 6.45) is 1.31. The molecule has 4 rings (SSSR count). The largest absolute Gasteiger partial charge is 0.493 e. The molecule has 3 aromatic rings. The zero-order valence-corrected chi connectivity index (χ0v) is 21.8. The second kappa shape index (κ2) is 11.5. The lowest BCUT2D eigenvalue weighted by molar-refractivity contribution is -0.120. The molecule has 0 aliphatic carbocycles. The van der Waals surface area contributed by atoms with E-state index in [4.69, 9.17) is 9.47 Å². The van der Waals surface area contributed by atoms with E-state index < -0.39 is 28.3 Å². The third-order valence-corrected chi connectivity index (χ3v) is 7.90. The molecule has 9 nitrogen and oxygen atoms in total. The van der Waals surface area contributed by atoms with E-state index in [1.54, 1.807) is 11.0 Å². The van der Waals surface area contributed by atoms with Gasteiger partial charge in [-0.25, -0.2) is 12.8 Å². The van der Waals surface area contributed by atoms with Crippen LogP contribution in [0.25, 0.3) is 0 Å². The minimum atomic E-state index is -4.26. The first-order valence-electron chi connectivity index (χ1n) is 11.9. The van der Waals surface area contributed by atoms with Gasteiger partial charge in [-0.05, 0) is 60.5 Å². The first kappa shape index (κ1) is 26.9. The summed E-state index contributed by atoms with van der Waals surface area (Å²) in [6, 6.07) is 16.2. The molecule has 1 N–H and O–H groups in total. The van der Waals surface area contributed by atoms with E-state index in [0.717, 1.165) is 34.1 Å². The third kappa shape index (κ3) is 5.88. The SMILES string of the molecule is COc1ccc(S(=O)(=O)N(CC(=O)NCc2cccc(N3CCCC3=O)c2)c2ccc(F)cc2)cc1OC. The molecule has 0 spiro atoms. The first-order valence-corrected chi connectivity index (χ1v) is 13.3. The molecule has 1 saturated heterocycles. The van der Waals surface area contributed by atoms with Gasteiger partial charge in [-0.1, -0.05) is 12.1 Å². The van der Waals surface area contributed by atoms with Gasteiger partial charge in [-0.15, -0.1) is 0 Å². The molecule has 1 fully saturated rings. The Kier molecular flexibility index (Phi) is 8.16. The number of methoxy groups -OCH3 is 2. The molecule has 3 aromatic carbocycles. The number of carbonyl (C=O) groups excluding carboxylic acids is 2. The van der Waals surface area contributed by atoms with Crippen LogP contribution >= 0.6 is 0 Å². The van der Waals surface area contributed by atoms with Crippen molar-refractivity contribution in [1.82, 2.24) is 5.32 Å². The number of amides is 2. The summed E-state index contributed by atoms with van der Waals surface area (Å²) in [5.74, 6) is -0.510. The van der Waals surface area contributed by atoms with E-state index in [-0.39, 0.29) is 28.8 Å². The molecule has 1 aliphatic rings. The number of nitrogens with one attached hydrogen (secondary N) is 1. The number of benzene rings is 3. The zero-order chi connectivity index (χ0) is 27.3. The van der Waals surface area contributed by atoms with Gasteiger partial charge >= 0.3 is 0 Å². The summed E-state index contributed by atoms with van der Waals surface area (Å²) in [7, 11) is -1.44. The lowest BCUT2D eigenvalue weighted by atomic mass is 10.2. The summed E-state index contributed by atoms with van der Waals surface area (Å²) >= 11 is 0. The quantitative estimate of drug-likeness (QED) is 0.421. The molecule has 0 saturated carbocycles. The number of rotatable bonds is 10. The first-order chi connectivity index (χ1) is 18.2. The fourth-order valence-corrected chi connectivity index (χ4v) is 5.61. The normalized spacial score (nSPS) is 13.3. The summed E-state index contributed by atoms with van der Waals surface area (Å²) in [6.45, 7) is 0.226. The van der Waals surface area contributed by atoms with Crippen LogP contribution in [-0.2, 0) is 26.2 Å². The van der Waals surface area contributed by atoms with Crippen LogP contribution in [0.1, 0.15) is 18.4 Å². The monoisotopic (exact) mass is 541 g/mol. The highest BCUT2D eigenvalue weighted by atomic mass is 32.2. The van der Waals surface area contributed by atoms with E-state index in [1.165, 1.54) is 44.6 Å². The highest BCUT2D eigenvalue weighted by molar-refractivity contribution is 7.92. The lowest BCUT2D eigenvalue weighted by Gasteiger charge is -2.24. The van der Waals surface area contributed by atoms with Crippen molar-refractivity contribution in [2.75, 3.05) is 36.5 Å². The number of ether oxygens (including phenoxy) is 2. The molecule has 0 unspecified atom stereocenters. The molecule has 0 bridgehead atoms. The molecule has 0 atom stereocenters. The Bertz CT molecular complexity index is 1430. The van der Waals surface area contributed by atoms with Crippen molar-refractivity contribution in [2.45, 2.75) is 24.3 Å². The number of anilines is 2. The zero-order valence-electron chi connectivity index (χ0n) is 21.0. The minimum Gasteiger partial charge on any atom is -0.493 e. The molecule has 1 aliphatic heterocycles. The second-order valence-corrected chi connectivity index (χ2v) is 10.5. The Morgan fingerprint density at radius 1 is 1.03 bits per heavy atom. The number of sulfonamides is 1. The van der Waals surface area contributed by atoms with Crippen molar-refractivity contribution in [1.29, 1.82) is 0 Å². The molecular weight excluding hydrogens is 513 g/mol. The molecular formula is C27H28FN3O6S. The molecule has 38 heavy (non-hydrogen) atoms. The molecule has 11 heteroatoms. The van der Waals surface area contributed by atoms with E-state index in [0.29, 0.717) is 18.7 Å². The number of hydrogen-bond acceptors (Lipinski definition) is 6. The Hall–Kier alpha value is -4.12. The van der Waals surface area contributed by atoms with Crippen LogP contribution in [0.4, 0.5) is 15.8 Å². The number of nitrogens with zero attached hydrogens (tertiary/aromatic N) is 2. The van der Waals surface area contributed by atoms with Crippen LogP contribution in [0.5, 0.6) is 11.5 Å².